The molecule has 3 atom stereocenters. The second kappa shape index (κ2) is 24.7. The quantitative estimate of drug-likeness (QED) is 0.0229. The number of anilines is 1. The Morgan fingerprint density at radius 2 is 1.39 bits per heavy atom. The number of amides is 6. The summed E-state index contributed by atoms with van der Waals surface area (Å²) in [5.41, 5.74) is 5.12. The zero-order valence-electron chi connectivity index (χ0n) is 36.2. The molecular weight excluding hydrogens is 857 g/mol. The van der Waals surface area contributed by atoms with Crippen LogP contribution in [-0.4, -0.2) is 86.2 Å². The van der Waals surface area contributed by atoms with Gasteiger partial charge in [-0.15, -0.1) is 0 Å². The molecule has 0 heterocycles. The van der Waals surface area contributed by atoms with E-state index in [2.05, 4.69) is 31.3 Å². The Hall–Kier alpha value is -6.81. The molecule has 0 fully saturated rings. The van der Waals surface area contributed by atoms with Gasteiger partial charge in [-0.1, -0.05) is 44.2 Å². The van der Waals surface area contributed by atoms with E-state index < -0.39 is 80.6 Å². The lowest BCUT2D eigenvalue weighted by atomic mass is 10.0. The number of benzene rings is 3. The molecule has 0 saturated carbocycles. The Labute approximate surface area is 371 Å². The number of carbonyl (C=O) groups excluding carboxylic acids is 6. The van der Waals surface area contributed by atoms with Gasteiger partial charge in [0.1, 0.15) is 36.1 Å². The van der Waals surface area contributed by atoms with Gasteiger partial charge in [0, 0.05) is 30.9 Å². The number of hydrogen-bond acceptors (Lipinski definition) is 13. The number of carbonyl (C=O) groups is 6. The van der Waals surface area contributed by atoms with Crippen LogP contribution in [0.4, 0.5) is 25.8 Å². The fourth-order valence-corrected chi connectivity index (χ4v) is 6.98. The molecule has 0 unspecified atom stereocenters. The van der Waals surface area contributed by atoms with Crippen LogP contribution in [0.5, 0.6) is 5.75 Å². The molecule has 6 amide bonds. The number of nitrogens with zero attached hydrogens (tertiary/aromatic N) is 1. The zero-order chi connectivity index (χ0) is 47.5. The average molecular weight is 913 g/mol. The highest BCUT2D eigenvalue weighted by Gasteiger charge is 2.33. The van der Waals surface area contributed by atoms with Crippen LogP contribution in [0.2, 0.25) is 0 Å². The maximum atomic E-state index is 13.9. The summed E-state index contributed by atoms with van der Waals surface area (Å²) in [6.45, 7) is 8.52. The van der Waals surface area contributed by atoms with E-state index in [1.807, 2.05) is 0 Å². The number of rotatable bonds is 23. The predicted octanol–water partition coefficient (Wildman–Crippen LogP) is 4.37. The number of nitrogens with two attached hydrogens (primary N) is 1. The van der Waals surface area contributed by atoms with Crippen LogP contribution >= 0.6 is 0 Å². The van der Waals surface area contributed by atoms with Gasteiger partial charge in [0.15, 0.2) is 0 Å². The van der Waals surface area contributed by atoms with Crippen LogP contribution in [0.15, 0.2) is 83.8 Å². The third-order valence-electron chi connectivity index (χ3n) is 8.93. The molecule has 348 valence electrons. The van der Waals surface area contributed by atoms with Crippen molar-refractivity contribution in [1.29, 1.82) is 0 Å². The fraction of sp³-hybridized carbons (Fsp3) is 0.429. The first-order valence-electron chi connectivity index (χ1n) is 20.3. The lowest BCUT2D eigenvalue weighted by Gasteiger charge is -2.27. The Kier molecular flexibility index (Phi) is 19.9. The van der Waals surface area contributed by atoms with Gasteiger partial charge in [-0.2, -0.15) is 4.72 Å². The number of primary amides is 1. The summed E-state index contributed by atoms with van der Waals surface area (Å²) < 4.78 is 44.5. The van der Waals surface area contributed by atoms with E-state index in [4.69, 9.17) is 19.9 Å². The molecule has 21 nitrogen and oxygen atoms in total. The first-order chi connectivity index (χ1) is 30.1. The van der Waals surface area contributed by atoms with Gasteiger partial charge < -0.3 is 46.5 Å². The van der Waals surface area contributed by atoms with Crippen LogP contribution in [0.3, 0.4) is 0 Å². The van der Waals surface area contributed by atoms with Gasteiger partial charge in [0.25, 0.3) is 5.69 Å². The van der Waals surface area contributed by atoms with Crippen LogP contribution in [0.25, 0.3) is 0 Å². The summed E-state index contributed by atoms with van der Waals surface area (Å²) in [4.78, 5) is 87.1. The second-order valence-corrected chi connectivity index (χ2v) is 17.4. The first kappa shape index (κ1) is 51.5. The highest BCUT2D eigenvalue weighted by molar-refractivity contribution is 7.89. The highest BCUT2D eigenvalue weighted by atomic mass is 32.2. The van der Waals surface area contributed by atoms with Crippen LogP contribution in [0.1, 0.15) is 72.3 Å². The highest BCUT2D eigenvalue weighted by Crippen LogP contribution is 2.19. The molecule has 0 bridgehead atoms. The van der Waals surface area contributed by atoms with Gasteiger partial charge in [-0.05, 0) is 101 Å². The standard InChI is InChI=1S/C42H56N8O13S/c1-27(2)35(48-37(52)34(49-64(59,60)32-12-7-6-8-13-32)14-9-10-24-45-40(55)63-42(3,4)5)38(53)47-33(15-11-25-44-39(43)54)36(51)46-29-18-16-28(17-19-29)26-61-41(56)62-31-22-20-30(21-23-31)50(57)58/h6-8,12-13,16-23,27,33-35,49H,9-11,14-15,24-26H2,1-5H3,(H,45,55)(H,46,51)(H,47,53)(H,48,52)(H3,43,44,54)/t33-,34-,35-/m0/s1. The minimum absolute atomic E-state index is 0.00456. The van der Waals surface area contributed by atoms with Gasteiger partial charge >= 0.3 is 18.3 Å². The summed E-state index contributed by atoms with van der Waals surface area (Å²) in [5, 5.41) is 23.9. The molecule has 0 aliphatic rings. The first-order valence-corrected chi connectivity index (χ1v) is 21.8. The minimum atomic E-state index is -4.20. The monoisotopic (exact) mass is 912 g/mol. The van der Waals surface area contributed by atoms with Crippen molar-refractivity contribution in [3.8, 4) is 5.75 Å². The van der Waals surface area contributed by atoms with Gasteiger partial charge in [-0.3, -0.25) is 24.5 Å². The van der Waals surface area contributed by atoms with Crippen molar-refractivity contribution in [2.24, 2.45) is 11.7 Å². The van der Waals surface area contributed by atoms with E-state index in [0.29, 0.717) is 17.7 Å². The van der Waals surface area contributed by atoms with Crippen molar-refractivity contribution < 1.29 is 56.3 Å². The predicted molar refractivity (Wildman–Crippen MR) is 233 cm³/mol. The van der Waals surface area contributed by atoms with E-state index in [9.17, 15) is 47.3 Å². The molecule has 0 spiro atoms. The van der Waals surface area contributed by atoms with E-state index in [0.717, 1.165) is 0 Å². The Morgan fingerprint density at radius 1 is 0.766 bits per heavy atom. The Bertz CT molecular complexity index is 2170. The topological polar surface area (TPSA) is 306 Å². The number of ether oxygens (including phenoxy) is 3. The van der Waals surface area contributed by atoms with Crippen LogP contribution in [-0.2, 0) is 40.5 Å². The number of non-ortho nitro benzene ring substituents is 1. The normalized spacial score (nSPS) is 12.7. The smallest absolute Gasteiger partial charge is 0.444 e. The zero-order valence-corrected chi connectivity index (χ0v) is 37.0. The van der Waals surface area contributed by atoms with E-state index in [-0.39, 0.29) is 61.7 Å². The molecule has 8 N–H and O–H groups in total. The number of nitro benzene ring substituents is 1. The molecule has 3 aromatic carbocycles. The van der Waals surface area contributed by atoms with E-state index >= 15 is 0 Å². The largest absolute Gasteiger partial charge is 0.514 e. The fourth-order valence-electron chi connectivity index (χ4n) is 5.73. The summed E-state index contributed by atoms with van der Waals surface area (Å²) >= 11 is 0. The van der Waals surface area contributed by atoms with E-state index in [1.54, 1.807) is 52.8 Å². The van der Waals surface area contributed by atoms with Crippen LogP contribution in [0, 0.1) is 16.0 Å². The molecule has 64 heavy (non-hydrogen) atoms. The van der Waals surface area contributed by atoms with E-state index in [1.165, 1.54) is 60.7 Å². The molecule has 0 aromatic heterocycles. The second-order valence-electron chi connectivity index (χ2n) is 15.7. The summed E-state index contributed by atoms with van der Waals surface area (Å²) in [7, 11) is -4.20. The number of unbranched alkanes of at least 4 members (excludes halogenated alkanes) is 1. The van der Waals surface area contributed by atoms with Crippen molar-refractivity contribution in [2.45, 2.75) is 102 Å². The SMILES string of the molecule is CC(C)[C@H](NC(=O)[C@H](CCCCNC(=O)OC(C)(C)C)NS(=O)(=O)c1ccccc1)C(=O)N[C@@H](CCCNC(N)=O)C(=O)Nc1ccc(COC(=O)Oc2ccc([N+](=O)[O-])cc2)cc1. The molecule has 0 saturated heterocycles. The lowest BCUT2D eigenvalue weighted by molar-refractivity contribution is -0.384. The molecule has 0 aliphatic carbocycles. The van der Waals surface area contributed by atoms with Crippen molar-refractivity contribution >= 4 is 57.4 Å². The Balaban J connectivity index is 1.69. The summed E-state index contributed by atoms with van der Waals surface area (Å²) in [6.07, 6.45) is -0.804. The van der Waals surface area contributed by atoms with Crippen molar-refractivity contribution in [3.05, 3.63) is 94.5 Å². The molecular formula is C42H56N8O13S. The van der Waals surface area contributed by atoms with Crippen molar-refractivity contribution in [3.63, 3.8) is 0 Å². The maximum Gasteiger partial charge on any atom is 0.514 e. The maximum absolute atomic E-state index is 13.9. The third-order valence-corrected chi connectivity index (χ3v) is 10.4. The van der Waals surface area contributed by atoms with Crippen LogP contribution < -0.4 is 41.8 Å². The molecule has 0 aliphatic heterocycles. The summed E-state index contributed by atoms with van der Waals surface area (Å²) in [5.74, 6) is -2.70. The van der Waals surface area contributed by atoms with Crippen molar-refractivity contribution in [2.75, 3.05) is 18.4 Å². The number of urea groups is 1. The number of hydrogen-bond donors (Lipinski definition) is 7. The van der Waals surface area contributed by atoms with Gasteiger partial charge in [-0.25, -0.2) is 22.8 Å². The molecule has 0 radical (unpaired) electrons. The minimum Gasteiger partial charge on any atom is -0.444 e. The summed E-state index contributed by atoms with van der Waals surface area (Å²) in [6, 6.07) is 13.9. The third kappa shape index (κ3) is 18.7. The van der Waals surface area contributed by atoms with Crippen molar-refractivity contribution in [1.82, 2.24) is 26.0 Å². The number of nitro groups is 1. The molecule has 3 rings (SSSR count). The number of sulfonamides is 1. The van der Waals surface area contributed by atoms with Gasteiger partial charge in [0.05, 0.1) is 9.82 Å². The number of alkyl carbamates (subject to hydrolysis) is 1. The molecule has 22 heteroatoms. The average Bonchev–Trinajstić information content (AvgIpc) is 3.22. The lowest BCUT2D eigenvalue weighted by Crippen LogP contribution is -2.57. The van der Waals surface area contributed by atoms with Gasteiger partial charge in [0.2, 0.25) is 27.7 Å². The molecule has 3 aromatic rings. The Morgan fingerprint density at radius 3 is 1.98 bits per heavy atom. The number of nitrogens with one attached hydrogen (secondary N) is 6.